The van der Waals surface area contributed by atoms with Crippen LogP contribution in [-0.4, -0.2) is 18.4 Å². The number of carbonyl (C=O) groups excluding carboxylic acids is 2. The summed E-state index contributed by atoms with van der Waals surface area (Å²) in [5.74, 6) is -0.0419. The number of hydrogen-bond donors (Lipinski definition) is 2. The van der Waals surface area contributed by atoms with Gasteiger partial charge in [0.15, 0.2) is 6.61 Å². The molecule has 0 spiro atoms. The van der Waals surface area contributed by atoms with Gasteiger partial charge in [-0.15, -0.1) is 0 Å². The lowest BCUT2D eigenvalue weighted by atomic mass is 10.2. The van der Waals surface area contributed by atoms with Gasteiger partial charge in [-0.05, 0) is 48.0 Å². The van der Waals surface area contributed by atoms with E-state index in [1.165, 1.54) is 0 Å². The van der Waals surface area contributed by atoms with Gasteiger partial charge in [0.2, 0.25) is 0 Å². The fourth-order valence-corrected chi connectivity index (χ4v) is 2.80. The first-order chi connectivity index (χ1) is 14.0. The van der Waals surface area contributed by atoms with Crippen molar-refractivity contribution in [2.45, 2.75) is 6.54 Å². The summed E-state index contributed by atoms with van der Waals surface area (Å²) < 4.78 is 5.46. The number of rotatable bonds is 7. The van der Waals surface area contributed by atoms with E-state index in [0.29, 0.717) is 33.6 Å². The molecule has 0 saturated carbocycles. The zero-order valence-electron chi connectivity index (χ0n) is 15.3. The Balaban J connectivity index is 1.47. The molecule has 0 saturated heterocycles. The van der Waals surface area contributed by atoms with E-state index in [2.05, 4.69) is 10.6 Å². The SMILES string of the molecule is O=C(COc1ccc(C(=O)NCc2ccccc2)cc1)Nc1ccc(Cl)c(Cl)c1. The molecule has 2 amide bonds. The number of anilines is 1. The first-order valence-electron chi connectivity index (χ1n) is 8.81. The third-order valence-corrected chi connectivity index (χ3v) is 4.72. The van der Waals surface area contributed by atoms with Crippen molar-refractivity contribution in [1.29, 1.82) is 0 Å². The van der Waals surface area contributed by atoms with Gasteiger partial charge in [0.25, 0.3) is 11.8 Å². The molecule has 5 nitrogen and oxygen atoms in total. The number of benzene rings is 3. The fraction of sp³-hybridized carbons (Fsp3) is 0.0909. The van der Waals surface area contributed by atoms with E-state index in [4.69, 9.17) is 27.9 Å². The first kappa shape index (κ1) is 20.7. The summed E-state index contributed by atoms with van der Waals surface area (Å²) in [6, 6.07) is 21.0. The Morgan fingerprint density at radius 3 is 2.28 bits per heavy atom. The molecule has 7 heteroatoms. The van der Waals surface area contributed by atoms with Crippen molar-refractivity contribution < 1.29 is 14.3 Å². The van der Waals surface area contributed by atoms with Crippen LogP contribution in [0.1, 0.15) is 15.9 Å². The normalized spacial score (nSPS) is 10.3. The number of amides is 2. The van der Waals surface area contributed by atoms with E-state index >= 15 is 0 Å². The van der Waals surface area contributed by atoms with E-state index in [9.17, 15) is 9.59 Å². The van der Waals surface area contributed by atoms with E-state index in [1.807, 2.05) is 30.3 Å². The highest BCUT2D eigenvalue weighted by Crippen LogP contribution is 2.25. The Labute approximate surface area is 178 Å². The summed E-state index contributed by atoms with van der Waals surface area (Å²) in [6.45, 7) is 0.270. The van der Waals surface area contributed by atoms with Gasteiger partial charge in [-0.1, -0.05) is 53.5 Å². The first-order valence-corrected chi connectivity index (χ1v) is 9.57. The Morgan fingerprint density at radius 1 is 0.862 bits per heavy atom. The Morgan fingerprint density at radius 2 is 1.59 bits per heavy atom. The molecule has 0 unspecified atom stereocenters. The number of nitrogens with one attached hydrogen (secondary N) is 2. The van der Waals surface area contributed by atoms with Crippen molar-refractivity contribution in [2.75, 3.05) is 11.9 Å². The molecule has 0 atom stereocenters. The average Bonchev–Trinajstić information content (AvgIpc) is 2.74. The lowest BCUT2D eigenvalue weighted by molar-refractivity contribution is -0.118. The van der Waals surface area contributed by atoms with Crippen LogP contribution in [0.4, 0.5) is 5.69 Å². The third-order valence-electron chi connectivity index (χ3n) is 3.99. The molecule has 0 heterocycles. The zero-order valence-corrected chi connectivity index (χ0v) is 16.8. The van der Waals surface area contributed by atoms with Gasteiger partial charge in [-0.3, -0.25) is 9.59 Å². The van der Waals surface area contributed by atoms with Gasteiger partial charge in [0.05, 0.1) is 10.0 Å². The van der Waals surface area contributed by atoms with E-state index < -0.39 is 0 Å². The topological polar surface area (TPSA) is 67.4 Å². The van der Waals surface area contributed by atoms with Crippen LogP contribution in [-0.2, 0) is 11.3 Å². The van der Waals surface area contributed by atoms with Crippen molar-refractivity contribution in [1.82, 2.24) is 5.32 Å². The molecule has 0 fully saturated rings. The van der Waals surface area contributed by atoms with Crippen LogP contribution in [0.15, 0.2) is 72.8 Å². The zero-order chi connectivity index (χ0) is 20.6. The minimum Gasteiger partial charge on any atom is -0.484 e. The summed E-state index contributed by atoms with van der Waals surface area (Å²) in [7, 11) is 0. The quantitative estimate of drug-likeness (QED) is 0.559. The minimum atomic E-state index is -0.340. The number of carbonyl (C=O) groups is 2. The van der Waals surface area contributed by atoms with Crippen molar-refractivity contribution in [3.05, 3.63) is 94.0 Å². The van der Waals surface area contributed by atoms with Crippen LogP contribution >= 0.6 is 23.2 Å². The monoisotopic (exact) mass is 428 g/mol. The largest absolute Gasteiger partial charge is 0.484 e. The van der Waals surface area contributed by atoms with E-state index in [0.717, 1.165) is 5.56 Å². The predicted molar refractivity (Wildman–Crippen MR) is 115 cm³/mol. The standard InChI is InChI=1S/C22H18Cl2N2O3/c23-19-11-8-17(12-20(19)24)26-21(27)14-29-18-9-6-16(7-10-18)22(28)25-13-15-4-2-1-3-5-15/h1-12H,13-14H2,(H,25,28)(H,26,27). The molecule has 0 radical (unpaired) electrons. The van der Waals surface area contributed by atoms with Crippen molar-refractivity contribution in [2.24, 2.45) is 0 Å². The summed E-state index contributed by atoms with van der Waals surface area (Å²) >= 11 is 11.8. The minimum absolute atomic E-state index is 0.181. The lowest BCUT2D eigenvalue weighted by Gasteiger charge is -2.09. The van der Waals surface area contributed by atoms with Gasteiger partial charge in [0, 0.05) is 17.8 Å². The Bertz CT molecular complexity index is 993. The third kappa shape index (κ3) is 6.24. The van der Waals surface area contributed by atoms with Crippen LogP contribution in [0.3, 0.4) is 0 Å². The fourth-order valence-electron chi connectivity index (χ4n) is 2.50. The molecule has 3 rings (SSSR count). The second-order valence-corrected chi connectivity index (χ2v) is 6.97. The van der Waals surface area contributed by atoms with Gasteiger partial charge in [-0.25, -0.2) is 0 Å². The molecule has 29 heavy (non-hydrogen) atoms. The molecule has 148 valence electrons. The summed E-state index contributed by atoms with van der Waals surface area (Å²) in [5.41, 5.74) is 2.06. The second-order valence-electron chi connectivity index (χ2n) is 6.16. The maximum Gasteiger partial charge on any atom is 0.262 e. The molecule has 0 aliphatic rings. The molecule has 0 aliphatic heterocycles. The van der Waals surface area contributed by atoms with Crippen molar-refractivity contribution in [3.63, 3.8) is 0 Å². The Hall–Kier alpha value is -3.02. The van der Waals surface area contributed by atoms with Crippen LogP contribution in [0.25, 0.3) is 0 Å². The average molecular weight is 429 g/mol. The molecular weight excluding hydrogens is 411 g/mol. The van der Waals surface area contributed by atoms with Crippen LogP contribution in [0, 0.1) is 0 Å². The molecule has 0 aromatic heterocycles. The highest BCUT2D eigenvalue weighted by molar-refractivity contribution is 6.42. The van der Waals surface area contributed by atoms with Gasteiger partial charge in [-0.2, -0.15) is 0 Å². The maximum atomic E-state index is 12.2. The molecule has 3 aromatic rings. The summed E-state index contributed by atoms with van der Waals surface area (Å²) in [4.78, 5) is 24.2. The summed E-state index contributed by atoms with van der Waals surface area (Å²) in [6.07, 6.45) is 0. The molecule has 0 aliphatic carbocycles. The maximum absolute atomic E-state index is 12.2. The van der Waals surface area contributed by atoms with Gasteiger partial charge < -0.3 is 15.4 Å². The number of halogens is 2. The van der Waals surface area contributed by atoms with Crippen molar-refractivity contribution >= 4 is 40.7 Å². The second kappa shape index (κ2) is 9.96. The van der Waals surface area contributed by atoms with E-state index in [1.54, 1.807) is 42.5 Å². The van der Waals surface area contributed by atoms with E-state index in [-0.39, 0.29) is 18.4 Å². The highest BCUT2D eigenvalue weighted by atomic mass is 35.5. The van der Waals surface area contributed by atoms with Crippen LogP contribution in [0.5, 0.6) is 5.75 Å². The molecule has 2 N–H and O–H groups in total. The van der Waals surface area contributed by atoms with Gasteiger partial charge in [0.1, 0.15) is 5.75 Å². The number of ether oxygens (including phenoxy) is 1. The molecular formula is C22H18Cl2N2O3. The number of hydrogen-bond acceptors (Lipinski definition) is 3. The molecule has 0 bridgehead atoms. The predicted octanol–water partition coefficient (Wildman–Crippen LogP) is 4.94. The van der Waals surface area contributed by atoms with Crippen LogP contribution in [0.2, 0.25) is 10.0 Å². The van der Waals surface area contributed by atoms with Gasteiger partial charge >= 0.3 is 0 Å². The Kier molecular flexibility index (Phi) is 7.11. The van der Waals surface area contributed by atoms with Crippen LogP contribution < -0.4 is 15.4 Å². The van der Waals surface area contributed by atoms with Crippen molar-refractivity contribution in [3.8, 4) is 5.75 Å². The summed E-state index contributed by atoms with van der Waals surface area (Å²) in [5, 5.41) is 6.29. The smallest absolute Gasteiger partial charge is 0.262 e. The highest BCUT2D eigenvalue weighted by Gasteiger charge is 2.08. The molecule has 3 aromatic carbocycles. The lowest BCUT2D eigenvalue weighted by Crippen LogP contribution is -2.22.